The number of carbonyl (C=O) groups excluding carboxylic acids is 1. The van der Waals surface area contributed by atoms with E-state index in [0.29, 0.717) is 4.47 Å². The normalized spacial score (nSPS) is 10.4. The first-order valence-electron chi connectivity index (χ1n) is 5.64. The Kier molecular flexibility index (Phi) is 4.04. The topological polar surface area (TPSA) is 49.3 Å². The fourth-order valence-electron chi connectivity index (χ4n) is 1.62. The molecule has 104 valence electrons. The Balaban J connectivity index is 2.32. The van der Waals surface area contributed by atoms with Crippen molar-refractivity contribution >= 4 is 27.5 Å². The van der Waals surface area contributed by atoms with E-state index in [1.54, 1.807) is 6.07 Å². The van der Waals surface area contributed by atoms with Crippen LogP contribution in [0.25, 0.3) is 0 Å². The highest BCUT2D eigenvalue weighted by atomic mass is 79.9. The first-order chi connectivity index (χ1) is 9.38. The monoisotopic (exact) mass is 341 g/mol. The summed E-state index contributed by atoms with van der Waals surface area (Å²) in [7, 11) is 0. The van der Waals surface area contributed by atoms with E-state index in [2.05, 4.69) is 21.2 Å². The molecule has 0 aliphatic rings. The largest absolute Gasteiger partial charge is 0.507 e. The average molecular weight is 342 g/mol. The van der Waals surface area contributed by atoms with Crippen molar-refractivity contribution in [3.05, 3.63) is 57.6 Å². The van der Waals surface area contributed by atoms with Crippen LogP contribution in [0.4, 0.5) is 14.5 Å². The van der Waals surface area contributed by atoms with Crippen molar-refractivity contribution in [2.75, 3.05) is 5.32 Å². The summed E-state index contributed by atoms with van der Waals surface area (Å²) in [5.74, 6) is -2.35. The van der Waals surface area contributed by atoms with Gasteiger partial charge in [-0.15, -0.1) is 0 Å². The van der Waals surface area contributed by atoms with E-state index in [1.165, 1.54) is 19.1 Å². The highest BCUT2D eigenvalue weighted by Gasteiger charge is 2.15. The zero-order valence-electron chi connectivity index (χ0n) is 10.4. The Hall–Kier alpha value is -1.95. The van der Waals surface area contributed by atoms with Gasteiger partial charge in [0.25, 0.3) is 5.91 Å². The maximum atomic E-state index is 13.6. The number of amides is 1. The highest BCUT2D eigenvalue weighted by Crippen LogP contribution is 2.24. The predicted octanol–water partition coefficient (Wildman–Crippen LogP) is 3.99. The van der Waals surface area contributed by atoms with E-state index in [4.69, 9.17) is 0 Å². The number of hydrogen-bond donors (Lipinski definition) is 2. The van der Waals surface area contributed by atoms with Crippen molar-refractivity contribution < 1.29 is 18.7 Å². The summed E-state index contributed by atoms with van der Waals surface area (Å²) in [5.41, 5.74) is -0.178. The second-order valence-corrected chi connectivity index (χ2v) is 5.11. The van der Waals surface area contributed by atoms with Crippen LogP contribution in [0.15, 0.2) is 34.8 Å². The molecule has 2 N–H and O–H groups in total. The summed E-state index contributed by atoms with van der Waals surface area (Å²) in [6, 6.07) is 6.15. The number of phenols is 1. The van der Waals surface area contributed by atoms with E-state index in [-0.39, 0.29) is 22.6 Å². The number of aryl methyl sites for hydroxylation is 1. The molecule has 2 aromatic carbocycles. The molecule has 2 rings (SSSR count). The maximum Gasteiger partial charge on any atom is 0.259 e. The van der Waals surface area contributed by atoms with E-state index >= 15 is 0 Å². The SMILES string of the molecule is Cc1cc(F)c(NC(=O)c2cc(Br)ccc2O)cc1F. The summed E-state index contributed by atoms with van der Waals surface area (Å²) in [5, 5.41) is 11.8. The van der Waals surface area contributed by atoms with E-state index in [0.717, 1.165) is 12.1 Å². The number of halogens is 3. The van der Waals surface area contributed by atoms with Crippen molar-refractivity contribution in [2.45, 2.75) is 6.92 Å². The second-order valence-electron chi connectivity index (χ2n) is 4.20. The van der Waals surface area contributed by atoms with E-state index in [1.807, 2.05) is 0 Å². The lowest BCUT2D eigenvalue weighted by Crippen LogP contribution is -2.13. The van der Waals surface area contributed by atoms with Gasteiger partial charge in [-0.2, -0.15) is 0 Å². The lowest BCUT2D eigenvalue weighted by atomic mass is 10.1. The third-order valence-electron chi connectivity index (χ3n) is 2.70. The van der Waals surface area contributed by atoms with Crippen LogP contribution in [0.2, 0.25) is 0 Å². The zero-order chi connectivity index (χ0) is 14.9. The lowest BCUT2D eigenvalue weighted by Gasteiger charge is -2.09. The lowest BCUT2D eigenvalue weighted by molar-refractivity contribution is 0.102. The molecule has 0 fully saturated rings. The van der Waals surface area contributed by atoms with Gasteiger partial charge in [-0.25, -0.2) is 8.78 Å². The summed E-state index contributed by atoms with van der Waals surface area (Å²) >= 11 is 3.16. The molecule has 2 aromatic rings. The first kappa shape index (κ1) is 14.5. The van der Waals surface area contributed by atoms with Crippen LogP contribution in [-0.2, 0) is 0 Å². The van der Waals surface area contributed by atoms with Gasteiger partial charge in [0.15, 0.2) is 0 Å². The fraction of sp³-hybridized carbons (Fsp3) is 0.0714. The molecule has 0 radical (unpaired) electrons. The third-order valence-corrected chi connectivity index (χ3v) is 3.19. The van der Waals surface area contributed by atoms with Gasteiger partial charge >= 0.3 is 0 Å². The molecular formula is C14H10BrF2NO2. The molecule has 6 heteroatoms. The Morgan fingerprint density at radius 1 is 1.20 bits per heavy atom. The molecule has 0 spiro atoms. The Labute approximate surface area is 122 Å². The Bertz CT molecular complexity index is 689. The Morgan fingerprint density at radius 2 is 1.90 bits per heavy atom. The molecule has 0 atom stereocenters. The van der Waals surface area contributed by atoms with Crippen LogP contribution >= 0.6 is 15.9 Å². The second kappa shape index (κ2) is 5.58. The van der Waals surface area contributed by atoms with Gasteiger partial charge in [0.1, 0.15) is 17.4 Å². The van der Waals surface area contributed by atoms with Gasteiger partial charge in [0, 0.05) is 10.5 Å². The average Bonchev–Trinajstić information content (AvgIpc) is 2.38. The minimum Gasteiger partial charge on any atom is -0.507 e. The van der Waals surface area contributed by atoms with Gasteiger partial charge < -0.3 is 10.4 Å². The smallest absolute Gasteiger partial charge is 0.259 e. The number of anilines is 1. The van der Waals surface area contributed by atoms with E-state index < -0.39 is 17.5 Å². The molecule has 1 amide bonds. The van der Waals surface area contributed by atoms with Crippen LogP contribution in [0, 0.1) is 18.6 Å². The molecule has 20 heavy (non-hydrogen) atoms. The standard InChI is InChI=1S/C14H10BrF2NO2/c1-7-4-11(17)12(6-10(7)16)18-14(20)9-5-8(15)2-3-13(9)19/h2-6,19H,1H3,(H,18,20). The minimum absolute atomic E-state index is 0.0419. The number of rotatable bonds is 2. The van der Waals surface area contributed by atoms with Gasteiger partial charge in [-0.1, -0.05) is 15.9 Å². The number of aromatic hydroxyl groups is 1. The maximum absolute atomic E-state index is 13.6. The molecular weight excluding hydrogens is 332 g/mol. The van der Waals surface area contributed by atoms with Gasteiger partial charge in [0.2, 0.25) is 0 Å². The number of phenolic OH excluding ortho intramolecular Hbond substituents is 1. The van der Waals surface area contributed by atoms with Crippen LogP contribution in [0.3, 0.4) is 0 Å². The van der Waals surface area contributed by atoms with Crippen molar-refractivity contribution in [3.63, 3.8) is 0 Å². The van der Waals surface area contributed by atoms with Crippen molar-refractivity contribution in [1.29, 1.82) is 0 Å². The number of hydrogen-bond acceptors (Lipinski definition) is 2. The minimum atomic E-state index is -0.744. The molecule has 0 saturated heterocycles. The summed E-state index contributed by atoms with van der Waals surface area (Å²) in [6.45, 7) is 1.42. The van der Waals surface area contributed by atoms with Gasteiger partial charge in [-0.3, -0.25) is 4.79 Å². The molecule has 0 bridgehead atoms. The number of nitrogens with one attached hydrogen (secondary N) is 1. The molecule has 0 unspecified atom stereocenters. The molecule has 0 aliphatic carbocycles. The van der Waals surface area contributed by atoms with Gasteiger partial charge in [0.05, 0.1) is 11.3 Å². The third kappa shape index (κ3) is 2.96. The molecule has 0 heterocycles. The summed E-state index contributed by atoms with van der Waals surface area (Å²) in [6.07, 6.45) is 0. The highest BCUT2D eigenvalue weighted by molar-refractivity contribution is 9.10. The van der Waals surface area contributed by atoms with E-state index in [9.17, 15) is 18.7 Å². The fourth-order valence-corrected chi connectivity index (χ4v) is 1.98. The number of benzene rings is 2. The Morgan fingerprint density at radius 3 is 2.60 bits per heavy atom. The predicted molar refractivity (Wildman–Crippen MR) is 74.9 cm³/mol. The van der Waals surface area contributed by atoms with Crippen molar-refractivity contribution in [1.82, 2.24) is 0 Å². The van der Waals surface area contributed by atoms with Gasteiger partial charge in [-0.05, 0) is 36.8 Å². The molecule has 0 aliphatic heterocycles. The molecule has 0 aromatic heterocycles. The quantitative estimate of drug-likeness (QED) is 0.867. The molecule has 0 saturated carbocycles. The summed E-state index contributed by atoms with van der Waals surface area (Å²) in [4.78, 5) is 12.0. The van der Waals surface area contributed by atoms with Crippen LogP contribution in [0.5, 0.6) is 5.75 Å². The van der Waals surface area contributed by atoms with Crippen LogP contribution in [0.1, 0.15) is 15.9 Å². The number of carbonyl (C=O) groups is 1. The summed E-state index contributed by atoms with van der Waals surface area (Å²) < 4.78 is 27.6. The first-order valence-corrected chi connectivity index (χ1v) is 6.43. The zero-order valence-corrected chi connectivity index (χ0v) is 12.0. The van der Waals surface area contributed by atoms with Crippen molar-refractivity contribution in [2.24, 2.45) is 0 Å². The van der Waals surface area contributed by atoms with Crippen molar-refractivity contribution in [3.8, 4) is 5.75 Å². The van der Waals surface area contributed by atoms with Crippen LogP contribution in [-0.4, -0.2) is 11.0 Å². The van der Waals surface area contributed by atoms with Crippen LogP contribution < -0.4 is 5.32 Å². The molecule has 3 nitrogen and oxygen atoms in total.